The van der Waals surface area contributed by atoms with Gasteiger partial charge in [0.15, 0.2) is 0 Å². The molecule has 0 spiro atoms. The van der Waals surface area contributed by atoms with Crippen molar-refractivity contribution in [2.75, 3.05) is 0 Å². The first-order valence-electron chi connectivity index (χ1n) is 6.20. The van der Waals surface area contributed by atoms with Gasteiger partial charge in [0, 0.05) is 26.2 Å². The number of rotatable bonds is 2. The molecule has 2 aromatic carbocycles. The number of hydrogen-bond donors (Lipinski definition) is 0. The van der Waals surface area contributed by atoms with Crippen LogP contribution in [0.1, 0.15) is 56.2 Å². The van der Waals surface area contributed by atoms with E-state index in [1.165, 1.54) is 27.5 Å². The van der Waals surface area contributed by atoms with Crippen molar-refractivity contribution >= 4 is 10.8 Å². The van der Waals surface area contributed by atoms with Crippen LogP contribution in [-0.2, 0) is 26.2 Å². The summed E-state index contributed by atoms with van der Waals surface area (Å²) in [6.07, 6.45) is 0. The van der Waals surface area contributed by atoms with Crippen molar-refractivity contribution in [2.24, 2.45) is 0 Å². The van der Waals surface area contributed by atoms with Gasteiger partial charge in [-0.05, 0) is 11.8 Å². The van der Waals surface area contributed by atoms with Crippen molar-refractivity contribution < 1.29 is 26.2 Å². The minimum atomic E-state index is 0. The quantitative estimate of drug-likeness (QED) is 0.676. The zero-order valence-corrected chi connectivity index (χ0v) is 13.9. The van der Waals surface area contributed by atoms with E-state index >= 15 is 0 Å². The molecule has 0 N–H and O–H groups in total. The van der Waals surface area contributed by atoms with Gasteiger partial charge >= 0.3 is 0 Å². The Morgan fingerprint density at radius 2 is 1.59 bits per heavy atom. The van der Waals surface area contributed by atoms with Crippen molar-refractivity contribution in [3.05, 3.63) is 41.0 Å². The summed E-state index contributed by atoms with van der Waals surface area (Å²) in [5.41, 5.74) is 4.33. The molecule has 2 aromatic rings. The molecule has 0 saturated heterocycles. The fourth-order valence-electron chi connectivity index (χ4n) is 2.33. The van der Waals surface area contributed by atoms with Crippen LogP contribution in [0, 0.1) is 6.92 Å². The second-order valence-corrected chi connectivity index (χ2v) is 5.46. The molecule has 0 aliphatic rings. The molecule has 0 aliphatic carbocycles. The topological polar surface area (TPSA) is 0 Å². The Labute approximate surface area is 124 Å². The van der Waals surface area contributed by atoms with Crippen LogP contribution in [0.3, 0.4) is 0 Å². The summed E-state index contributed by atoms with van der Waals surface area (Å²) in [6, 6.07) is 9.35. The minimum Gasteiger partial charge on any atom is -0.165 e. The van der Waals surface area contributed by atoms with Gasteiger partial charge in [-0.2, -0.15) is 6.07 Å². The summed E-state index contributed by atoms with van der Waals surface area (Å²) >= 11 is 0. The van der Waals surface area contributed by atoms with Crippen LogP contribution < -0.4 is 0 Å². The molecule has 0 unspecified atom stereocenters. The first-order chi connectivity index (χ1) is 7.49. The summed E-state index contributed by atoms with van der Waals surface area (Å²) in [5.74, 6) is 1.21. The Hall–Kier alpha value is -0.287. The molecular weight excluding hydrogens is 283 g/mol. The van der Waals surface area contributed by atoms with E-state index in [0.717, 1.165) is 0 Å². The van der Waals surface area contributed by atoms with Crippen molar-refractivity contribution in [1.82, 2.24) is 0 Å². The van der Waals surface area contributed by atoms with Gasteiger partial charge in [-0.1, -0.05) is 51.8 Å². The van der Waals surface area contributed by atoms with Crippen LogP contribution >= 0.6 is 0 Å². The predicted octanol–water partition coefficient (Wildman–Crippen LogP) is 5.11. The van der Waals surface area contributed by atoms with E-state index in [2.05, 4.69) is 58.9 Å². The Balaban J connectivity index is 0.00000144. The molecule has 0 aromatic heterocycles. The SMILES string of the molecule is Cc1cc2c(C(C)C)cc(C(C)C)cc2[cH-]1.[Zr]. The maximum atomic E-state index is 2.39. The largest absolute Gasteiger partial charge is 0.165 e. The molecule has 90 valence electrons. The summed E-state index contributed by atoms with van der Waals surface area (Å²) in [5, 5.41) is 2.85. The standard InChI is InChI=1S/C16H21.Zr/c1-10(2)13-8-14-6-12(5)7-16(14)15(9-13)11(3)4;/h6-11H,1-5H3;/q-1;. The van der Waals surface area contributed by atoms with Gasteiger partial charge in [-0.15, -0.1) is 28.5 Å². The van der Waals surface area contributed by atoms with Crippen LogP contribution in [-0.4, -0.2) is 0 Å². The van der Waals surface area contributed by atoms with E-state index in [1.807, 2.05) is 0 Å². The molecule has 0 saturated carbocycles. The molecule has 2 rings (SSSR count). The second kappa shape index (κ2) is 5.57. The van der Waals surface area contributed by atoms with Crippen molar-refractivity contribution in [3.8, 4) is 0 Å². The Kier molecular flexibility index (Phi) is 4.84. The maximum Gasteiger partial charge on any atom is 0 e. The third kappa shape index (κ3) is 2.94. The van der Waals surface area contributed by atoms with E-state index in [4.69, 9.17) is 0 Å². The molecule has 0 fully saturated rings. The third-order valence-electron chi connectivity index (χ3n) is 3.31. The molecule has 0 bridgehead atoms. The first-order valence-corrected chi connectivity index (χ1v) is 6.20. The van der Waals surface area contributed by atoms with Crippen LogP contribution in [0.25, 0.3) is 10.8 Å². The van der Waals surface area contributed by atoms with E-state index in [1.54, 1.807) is 0 Å². The van der Waals surface area contributed by atoms with E-state index in [9.17, 15) is 0 Å². The van der Waals surface area contributed by atoms with E-state index in [0.29, 0.717) is 11.8 Å². The molecule has 0 nitrogen and oxygen atoms in total. The molecule has 0 atom stereocenters. The first kappa shape index (κ1) is 14.8. The number of hydrogen-bond acceptors (Lipinski definition) is 0. The summed E-state index contributed by atoms with van der Waals surface area (Å²) in [6.45, 7) is 11.3. The van der Waals surface area contributed by atoms with Gasteiger partial charge in [0.05, 0.1) is 0 Å². The maximum absolute atomic E-state index is 2.39. The van der Waals surface area contributed by atoms with E-state index < -0.39 is 0 Å². The fraction of sp³-hybridized carbons (Fsp3) is 0.438. The molecular formula is C16H21Zr-. The Bertz CT molecular complexity index is 503. The summed E-state index contributed by atoms with van der Waals surface area (Å²) in [4.78, 5) is 0. The van der Waals surface area contributed by atoms with Gasteiger partial charge in [-0.3, -0.25) is 0 Å². The Morgan fingerprint density at radius 1 is 0.941 bits per heavy atom. The van der Waals surface area contributed by atoms with Crippen molar-refractivity contribution in [3.63, 3.8) is 0 Å². The number of fused-ring (bicyclic) bond motifs is 1. The predicted molar refractivity (Wildman–Crippen MR) is 72.5 cm³/mol. The molecule has 0 heterocycles. The van der Waals surface area contributed by atoms with Gasteiger partial charge < -0.3 is 0 Å². The normalized spacial score (nSPS) is 11.2. The van der Waals surface area contributed by atoms with E-state index in [-0.39, 0.29) is 26.2 Å². The van der Waals surface area contributed by atoms with Crippen LogP contribution in [0.15, 0.2) is 24.3 Å². The number of benzene rings is 1. The third-order valence-corrected chi connectivity index (χ3v) is 3.31. The van der Waals surface area contributed by atoms with Gasteiger partial charge in [0.1, 0.15) is 0 Å². The smallest absolute Gasteiger partial charge is 0 e. The number of aryl methyl sites for hydroxylation is 1. The van der Waals surface area contributed by atoms with Crippen LogP contribution in [0.2, 0.25) is 0 Å². The van der Waals surface area contributed by atoms with Crippen LogP contribution in [0.5, 0.6) is 0 Å². The second-order valence-electron chi connectivity index (χ2n) is 5.46. The molecule has 17 heavy (non-hydrogen) atoms. The minimum absolute atomic E-state index is 0. The molecule has 1 heteroatoms. The molecule has 0 aliphatic heterocycles. The molecule has 0 radical (unpaired) electrons. The monoisotopic (exact) mass is 303 g/mol. The zero-order valence-electron chi connectivity index (χ0n) is 11.5. The van der Waals surface area contributed by atoms with Gasteiger partial charge in [0.2, 0.25) is 0 Å². The van der Waals surface area contributed by atoms with Crippen molar-refractivity contribution in [1.29, 1.82) is 0 Å². The average Bonchev–Trinajstić information content (AvgIpc) is 2.55. The van der Waals surface area contributed by atoms with Gasteiger partial charge in [-0.25, -0.2) is 0 Å². The molecule has 0 amide bonds. The Morgan fingerprint density at radius 3 is 2.12 bits per heavy atom. The fourth-order valence-corrected chi connectivity index (χ4v) is 2.33. The summed E-state index contributed by atoms with van der Waals surface area (Å²) in [7, 11) is 0. The average molecular weight is 305 g/mol. The van der Waals surface area contributed by atoms with Crippen LogP contribution in [0.4, 0.5) is 0 Å². The zero-order chi connectivity index (χ0) is 11.9. The van der Waals surface area contributed by atoms with Gasteiger partial charge in [0.25, 0.3) is 0 Å². The van der Waals surface area contributed by atoms with Crippen molar-refractivity contribution in [2.45, 2.75) is 46.5 Å². The summed E-state index contributed by atoms with van der Waals surface area (Å²) < 4.78 is 0.